The zero-order valence-corrected chi connectivity index (χ0v) is 11.9. The van der Waals surface area contributed by atoms with Gasteiger partial charge in [0, 0.05) is 6.54 Å². The molecular formula is C15H18ClFN2. The maximum absolute atomic E-state index is 13.5. The van der Waals surface area contributed by atoms with Crippen molar-refractivity contribution in [2.24, 2.45) is 5.41 Å². The summed E-state index contributed by atoms with van der Waals surface area (Å²) in [7, 11) is 0. The highest BCUT2D eigenvalue weighted by atomic mass is 35.5. The first kappa shape index (κ1) is 12.9. The van der Waals surface area contributed by atoms with E-state index in [0.717, 1.165) is 23.4 Å². The summed E-state index contributed by atoms with van der Waals surface area (Å²) in [6.07, 6.45) is 5.02. The first-order valence-electron chi connectivity index (χ1n) is 6.82. The van der Waals surface area contributed by atoms with Crippen molar-refractivity contribution in [3.63, 3.8) is 0 Å². The minimum Gasteiger partial charge on any atom is -0.326 e. The van der Waals surface area contributed by atoms with Crippen molar-refractivity contribution >= 4 is 22.6 Å². The van der Waals surface area contributed by atoms with Gasteiger partial charge in [0.25, 0.3) is 0 Å². The van der Waals surface area contributed by atoms with Gasteiger partial charge in [-0.15, -0.1) is 11.6 Å². The highest BCUT2D eigenvalue weighted by Crippen LogP contribution is 2.40. The monoisotopic (exact) mass is 280 g/mol. The van der Waals surface area contributed by atoms with Gasteiger partial charge in [0.1, 0.15) is 11.6 Å². The minimum atomic E-state index is -0.216. The number of benzene rings is 1. The second-order valence-electron chi connectivity index (χ2n) is 5.90. The van der Waals surface area contributed by atoms with Gasteiger partial charge in [-0.2, -0.15) is 0 Å². The van der Waals surface area contributed by atoms with E-state index in [1.165, 1.54) is 31.7 Å². The zero-order chi connectivity index (χ0) is 13.5. The molecule has 0 saturated heterocycles. The Bertz CT molecular complexity index is 599. The predicted molar refractivity (Wildman–Crippen MR) is 75.8 cm³/mol. The molecule has 0 amide bonds. The van der Waals surface area contributed by atoms with Crippen LogP contribution >= 0.6 is 11.6 Å². The third kappa shape index (κ3) is 2.36. The maximum Gasteiger partial charge on any atom is 0.125 e. The molecular weight excluding hydrogens is 263 g/mol. The molecule has 1 aromatic heterocycles. The van der Waals surface area contributed by atoms with Gasteiger partial charge in [-0.25, -0.2) is 9.37 Å². The molecule has 1 heterocycles. The first-order valence-corrected chi connectivity index (χ1v) is 7.35. The Hall–Kier alpha value is -1.09. The topological polar surface area (TPSA) is 17.8 Å². The molecule has 1 aliphatic rings. The zero-order valence-electron chi connectivity index (χ0n) is 11.1. The smallest absolute Gasteiger partial charge is 0.125 e. The molecule has 1 saturated carbocycles. The molecule has 0 bridgehead atoms. The van der Waals surface area contributed by atoms with Crippen LogP contribution in [0, 0.1) is 11.2 Å². The van der Waals surface area contributed by atoms with Gasteiger partial charge >= 0.3 is 0 Å². The summed E-state index contributed by atoms with van der Waals surface area (Å²) < 4.78 is 15.6. The van der Waals surface area contributed by atoms with E-state index >= 15 is 0 Å². The molecule has 0 aliphatic heterocycles. The molecule has 0 radical (unpaired) electrons. The van der Waals surface area contributed by atoms with E-state index in [2.05, 4.69) is 16.5 Å². The molecule has 3 rings (SSSR count). The largest absolute Gasteiger partial charge is 0.326 e. The van der Waals surface area contributed by atoms with Gasteiger partial charge < -0.3 is 4.57 Å². The van der Waals surface area contributed by atoms with Gasteiger partial charge in [0.2, 0.25) is 0 Å². The summed E-state index contributed by atoms with van der Waals surface area (Å²) in [6.45, 7) is 3.19. The SMILES string of the molecule is CC1(Cn2c(CCl)nc3ccc(F)cc32)CCCC1. The van der Waals surface area contributed by atoms with Crippen molar-refractivity contribution in [2.45, 2.75) is 45.0 Å². The molecule has 1 aliphatic carbocycles. The molecule has 102 valence electrons. The lowest BCUT2D eigenvalue weighted by atomic mass is 9.89. The Labute approximate surface area is 117 Å². The van der Waals surface area contributed by atoms with E-state index in [0.29, 0.717) is 11.3 Å². The summed E-state index contributed by atoms with van der Waals surface area (Å²) in [5.74, 6) is 0.994. The number of imidazole rings is 1. The number of hydrogen-bond acceptors (Lipinski definition) is 1. The highest BCUT2D eigenvalue weighted by molar-refractivity contribution is 6.16. The van der Waals surface area contributed by atoms with Gasteiger partial charge in [0.05, 0.1) is 16.9 Å². The van der Waals surface area contributed by atoms with Crippen molar-refractivity contribution in [2.75, 3.05) is 0 Å². The lowest BCUT2D eigenvalue weighted by Crippen LogP contribution is -2.20. The lowest BCUT2D eigenvalue weighted by Gasteiger charge is -2.25. The first-order chi connectivity index (χ1) is 9.11. The normalized spacial score (nSPS) is 18.3. The van der Waals surface area contributed by atoms with Crippen molar-refractivity contribution in [1.29, 1.82) is 0 Å². The Morgan fingerprint density at radius 1 is 1.37 bits per heavy atom. The van der Waals surface area contributed by atoms with Crippen molar-refractivity contribution in [3.05, 3.63) is 29.8 Å². The third-order valence-corrected chi connectivity index (χ3v) is 4.50. The van der Waals surface area contributed by atoms with Gasteiger partial charge in [-0.3, -0.25) is 0 Å². The Kier molecular flexibility index (Phi) is 3.25. The predicted octanol–water partition coefficient (Wildman–Crippen LogP) is 4.49. The number of hydrogen-bond donors (Lipinski definition) is 0. The van der Waals surface area contributed by atoms with E-state index in [1.54, 1.807) is 12.1 Å². The molecule has 0 N–H and O–H groups in total. The summed E-state index contributed by atoms with van der Waals surface area (Å²) in [5, 5.41) is 0. The van der Waals surface area contributed by atoms with E-state index < -0.39 is 0 Å². The average Bonchev–Trinajstić information content (AvgIpc) is 2.95. The molecule has 2 aromatic rings. The minimum absolute atomic E-state index is 0.216. The molecule has 19 heavy (non-hydrogen) atoms. The molecule has 4 heteroatoms. The number of fused-ring (bicyclic) bond motifs is 1. The van der Waals surface area contributed by atoms with Gasteiger partial charge in [-0.05, 0) is 36.5 Å². The van der Waals surface area contributed by atoms with Crippen molar-refractivity contribution < 1.29 is 4.39 Å². The standard InChI is InChI=1S/C15H18ClFN2/c1-15(6-2-3-7-15)10-19-13-8-11(17)4-5-12(13)18-14(19)9-16/h4-5,8H,2-3,6-7,9-10H2,1H3. The fourth-order valence-corrected chi connectivity index (χ4v) is 3.40. The van der Waals surface area contributed by atoms with Crippen LogP contribution in [0.4, 0.5) is 4.39 Å². The molecule has 0 spiro atoms. The number of nitrogens with zero attached hydrogens (tertiary/aromatic N) is 2. The van der Waals surface area contributed by atoms with Crippen LogP contribution in [-0.2, 0) is 12.4 Å². The van der Waals surface area contributed by atoms with Crippen molar-refractivity contribution in [1.82, 2.24) is 9.55 Å². The maximum atomic E-state index is 13.5. The summed E-state index contributed by atoms with van der Waals surface area (Å²) in [4.78, 5) is 4.51. The second kappa shape index (κ2) is 4.78. The molecule has 2 nitrogen and oxygen atoms in total. The van der Waals surface area contributed by atoms with E-state index in [9.17, 15) is 4.39 Å². The van der Waals surface area contributed by atoms with Crippen LogP contribution in [-0.4, -0.2) is 9.55 Å². The van der Waals surface area contributed by atoms with E-state index in [1.807, 2.05) is 0 Å². The van der Waals surface area contributed by atoms with Crippen LogP contribution in [0.3, 0.4) is 0 Å². The Morgan fingerprint density at radius 2 is 2.11 bits per heavy atom. The number of alkyl halides is 1. The summed E-state index contributed by atoms with van der Waals surface area (Å²) >= 11 is 6.00. The van der Waals surface area contributed by atoms with Crippen LogP contribution in [0.1, 0.15) is 38.4 Å². The quantitative estimate of drug-likeness (QED) is 0.757. The highest BCUT2D eigenvalue weighted by Gasteiger charge is 2.30. The fraction of sp³-hybridized carbons (Fsp3) is 0.533. The van der Waals surface area contributed by atoms with Crippen LogP contribution in [0.2, 0.25) is 0 Å². The molecule has 1 fully saturated rings. The van der Waals surface area contributed by atoms with Crippen LogP contribution < -0.4 is 0 Å². The Balaban J connectivity index is 2.07. The van der Waals surface area contributed by atoms with Crippen LogP contribution in [0.15, 0.2) is 18.2 Å². The third-order valence-electron chi connectivity index (χ3n) is 4.26. The van der Waals surface area contributed by atoms with E-state index in [4.69, 9.17) is 11.6 Å². The number of rotatable bonds is 3. The van der Waals surface area contributed by atoms with Crippen LogP contribution in [0.5, 0.6) is 0 Å². The number of halogens is 2. The average molecular weight is 281 g/mol. The molecule has 0 atom stereocenters. The van der Waals surface area contributed by atoms with Crippen molar-refractivity contribution in [3.8, 4) is 0 Å². The lowest BCUT2D eigenvalue weighted by molar-refractivity contribution is 0.282. The molecule has 0 unspecified atom stereocenters. The molecule has 1 aromatic carbocycles. The second-order valence-corrected chi connectivity index (χ2v) is 6.17. The summed E-state index contributed by atoms with van der Waals surface area (Å²) in [5.41, 5.74) is 1.99. The van der Waals surface area contributed by atoms with Crippen LogP contribution in [0.25, 0.3) is 11.0 Å². The van der Waals surface area contributed by atoms with E-state index in [-0.39, 0.29) is 5.82 Å². The fourth-order valence-electron chi connectivity index (χ4n) is 3.19. The van der Waals surface area contributed by atoms with Gasteiger partial charge in [0.15, 0.2) is 0 Å². The summed E-state index contributed by atoms with van der Waals surface area (Å²) in [6, 6.07) is 4.75. The number of aromatic nitrogens is 2. The van der Waals surface area contributed by atoms with Gasteiger partial charge in [-0.1, -0.05) is 19.8 Å². The Morgan fingerprint density at radius 3 is 2.79 bits per heavy atom.